The Morgan fingerprint density at radius 1 is 1.44 bits per heavy atom. The summed E-state index contributed by atoms with van der Waals surface area (Å²) in [7, 11) is 1.88. The Labute approximate surface area is 94.7 Å². The highest BCUT2D eigenvalue weighted by Crippen LogP contribution is 2.22. The molecule has 88 valence electrons. The number of pyridine rings is 1. The summed E-state index contributed by atoms with van der Waals surface area (Å²) in [5.41, 5.74) is 1.08. The topological polar surface area (TPSA) is 68.6 Å². The predicted molar refractivity (Wildman–Crippen MR) is 61.2 cm³/mol. The molecule has 1 aromatic rings. The molecule has 2 unspecified atom stereocenters. The van der Waals surface area contributed by atoms with Gasteiger partial charge in [0.2, 0.25) is 0 Å². The molecule has 1 aromatic heterocycles. The minimum atomic E-state index is -0.676. The number of hydrogen-bond acceptors (Lipinski definition) is 5. The second-order valence-electron chi connectivity index (χ2n) is 4.06. The number of nitrogens with zero attached hydrogens (tertiary/aromatic N) is 2. The maximum absolute atomic E-state index is 9.52. The van der Waals surface area contributed by atoms with Gasteiger partial charge in [0.15, 0.2) is 0 Å². The first-order chi connectivity index (χ1) is 7.72. The summed E-state index contributed by atoms with van der Waals surface area (Å²) < 4.78 is 0. The fourth-order valence-electron chi connectivity index (χ4n) is 1.99. The van der Waals surface area contributed by atoms with Crippen LogP contribution in [-0.4, -0.2) is 47.5 Å². The second kappa shape index (κ2) is 4.78. The minimum Gasteiger partial charge on any atom is -0.389 e. The smallest absolute Gasteiger partial charge is 0.133 e. The summed E-state index contributed by atoms with van der Waals surface area (Å²) in [6.07, 6.45) is 0.375. The summed E-state index contributed by atoms with van der Waals surface area (Å²) >= 11 is 0. The number of anilines is 1. The molecule has 1 saturated heterocycles. The van der Waals surface area contributed by atoms with E-state index in [1.165, 1.54) is 0 Å². The maximum atomic E-state index is 9.52. The van der Waals surface area contributed by atoms with Gasteiger partial charge in [-0.1, -0.05) is 6.07 Å². The van der Waals surface area contributed by atoms with Crippen LogP contribution in [0.3, 0.4) is 0 Å². The molecule has 1 fully saturated rings. The van der Waals surface area contributed by atoms with Crippen molar-refractivity contribution in [1.82, 2.24) is 10.3 Å². The average Bonchev–Trinajstić information content (AvgIpc) is 2.60. The monoisotopic (exact) mass is 223 g/mol. The summed E-state index contributed by atoms with van der Waals surface area (Å²) in [6.45, 7) is 1.61. The number of aromatic nitrogens is 1. The highest BCUT2D eigenvalue weighted by Gasteiger charge is 2.31. The van der Waals surface area contributed by atoms with E-state index >= 15 is 0 Å². The molecule has 0 amide bonds. The normalized spacial score (nSPS) is 25.1. The third-order valence-electron chi connectivity index (χ3n) is 2.79. The third-order valence-corrected chi connectivity index (χ3v) is 2.79. The molecule has 0 saturated carbocycles. The zero-order valence-corrected chi connectivity index (χ0v) is 9.30. The van der Waals surface area contributed by atoms with Gasteiger partial charge in [0.05, 0.1) is 12.2 Å². The highest BCUT2D eigenvalue weighted by atomic mass is 16.3. The van der Waals surface area contributed by atoms with Gasteiger partial charge in [-0.05, 0) is 13.1 Å². The van der Waals surface area contributed by atoms with Crippen molar-refractivity contribution in [2.75, 3.05) is 25.0 Å². The van der Waals surface area contributed by atoms with Gasteiger partial charge in [0.1, 0.15) is 5.82 Å². The van der Waals surface area contributed by atoms with Gasteiger partial charge < -0.3 is 20.4 Å². The van der Waals surface area contributed by atoms with E-state index in [0.29, 0.717) is 13.1 Å². The molecule has 5 nitrogen and oxygen atoms in total. The lowest BCUT2D eigenvalue weighted by Crippen LogP contribution is -2.24. The molecule has 1 aliphatic heterocycles. The van der Waals surface area contributed by atoms with Gasteiger partial charge in [-0.3, -0.25) is 0 Å². The number of β-amino-alcohol motifs (C(OH)–C–C–N with tert-alkyl or cyclic N) is 2. The Kier molecular flexibility index (Phi) is 3.38. The van der Waals surface area contributed by atoms with E-state index in [0.717, 1.165) is 17.9 Å². The highest BCUT2D eigenvalue weighted by molar-refractivity contribution is 5.48. The van der Waals surface area contributed by atoms with Crippen LogP contribution in [0.5, 0.6) is 0 Å². The van der Waals surface area contributed by atoms with Crippen molar-refractivity contribution in [2.45, 2.75) is 18.8 Å². The SMILES string of the molecule is CNCc1cccnc1N1CC(O)C(O)C1. The Balaban J connectivity index is 2.20. The summed E-state index contributed by atoms with van der Waals surface area (Å²) in [6, 6.07) is 3.88. The third kappa shape index (κ3) is 2.16. The first kappa shape index (κ1) is 11.3. The number of nitrogens with one attached hydrogen (secondary N) is 1. The van der Waals surface area contributed by atoms with Crippen molar-refractivity contribution >= 4 is 5.82 Å². The Morgan fingerprint density at radius 2 is 2.12 bits per heavy atom. The van der Waals surface area contributed by atoms with E-state index in [1.807, 2.05) is 24.1 Å². The van der Waals surface area contributed by atoms with E-state index in [4.69, 9.17) is 0 Å². The van der Waals surface area contributed by atoms with Gasteiger partial charge >= 0.3 is 0 Å². The van der Waals surface area contributed by atoms with Crippen LogP contribution in [-0.2, 0) is 6.54 Å². The molecule has 1 aliphatic rings. The maximum Gasteiger partial charge on any atom is 0.133 e. The van der Waals surface area contributed by atoms with Crippen LogP contribution in [0.4, 0.5) is 5.82 Å². The van der Waals surface area contributed by atoms with Crippen LogP contribution in [0.2, 0.25) is 0 Å². The van der Waals surface area contributed by atoms with Crippen LogP contribution < -0.4 is 10.2 Å². The summed E-state index contributed by atoms with van der Waals surface area (Å²) in [5.74, 6) is 0.840. The molecule has 2 atom stereocenters. The van der Waals surface area contributed by atoms with Crippen molar-refractivity contribution in [1.29, 1.82) is 0 Å². The lowest BCUT2D eigenvalue weighted by atomic mass is 10.2. The van der Waals surface area contributed by atoms with E-state index in [2.05, 4.69) is 10.3 Å². The van der Waals surface area contributed by atoms with Gasteiger partial charge in [-0.15, -0.1) is 0 Å². The minimum absolute atomic E-state index is 0.439. The zero-order chi connectivity index (χ0) is 11.5. The number of aliphatic hydroxyl groups excluding tert-OH is 2. The molecular formula is C11H17N3O2. The van der Waals surface area contributed by atoms with Crippen LogP contribution in [0.25, 0.3) is 0 Å². The summed E-state index contributed by atoms with van der Waals surface area (Å²) in [4.78, 5) is 6.23. The van der Waals surface area contributed by atoms with Crippen LogP contribution in [0.15, 0.2) is 18.3 Å². The van der Waals surface area contributed by atoms with Crippen molar-refractivity contribution in [3.8, 4) is 0 Å². The molecule has 2 heterocycles. The number of aliphatic hydroxyl groups is 2. The van der Waals surface area contributed by atoms with E-state index < -0.39 is 12.2 Å². The van der Waals surface area contributed by atoms with Crippen molar-refractivity contribution in [3.63, 3.8) is 0 Å². The quantitative estimate of drug-likeness (QED) is 0.635. The first-order valence-electron chi connectivity index (χ1n) is 5.42. The standard InChI is InChI=1S/C11H17N3O2/c1-12-5-8-3-2-4-13-11(8)14-6-9(15)10(16)7-14/h2-4,9-10,12,15-16H,5-7H2,1H3. The molecule has 0 aliphatic carbocycles. The zero-order valence-electron chi connectivity index (χ0n) is 9.30. The van der Waals surface area contributed by atoms with Gasteiger partial charge in [-0.2, -0.15) is 0 Å². The molecule has 2 rings (SSSR count). The Bertz CT molecular complexity index is 349. The first-order valence-corrected chi connectivity index (χ1v) is 5.42. The van der Waals surface area contributed by atoms with Crippen molar-refractivity contribution < 1.29 is 10.2 Å². The van der Waals surface area contributed by atoms with Gasteiger partial charge in [0.25, 0.3) is 0 Å². The Morgan fingerprint density at radius 3 is 2.75 bits per heavy atom. The fourth-order valence-corrected chi connectivity index (χ4v) is 1.99. The summed E-state index contributed by atoms with van der Waals surface area (Å²) in [5, 5.41) is 22.1. The largest absolute Gasteiger partial charge is 0.389 e. The van der Waals surface area contributed by atoms with Crippen molar-refractivity contribution in [2.24, 2.45) is 0 Å². The molecule has 5 heteroatoms. The fraction of sp³-hybridized carbons (Fsp3) is 0.545. The molecule has 0 bridgehead atoms. The molecular weight excluding hydrogens is 206 g/mol. The molecule has 16 heavy (non-hydrogen) atoms. The lowest BCUT2D eigenvalue weighted by Gasteiger charge is -2.19. The van der Waals surface area contributed by atoms with Crippen LogP contribution >= 0.6 is 0 Å². The second-order valence-corrected chi connectivity index (χ2v) is 4.06. The number of rotatable bonds is 3. The average molecular weight is 223 g/mol. The predicted octanol–water partition coefficient (Wildman–Crippen LogP) is -0.657. The molecule has 0 aromatic carbocycles. The van der Waals surface area contributed by atoms with E-state index in [1.54, 1.807) is 6.20 Å². The lowest BCUT2D eigenvalue weighted by molar-refractivity contribution is 0.0572. The molecule has 3 N–H and O–H groups in total. The van der Waals surface area contributed by atoms with Crippen LogP contribution in [0.1, 0.15) is 5.56 Å². The van der Waals surface area contributed by atoms with Crippen molar-refractivity contribution in [3.05, 3.63) is 23.9 Å². The van der Waals surface area contributed by atoms with Gasteiger partial charge in [-0.25, -0.2) is 4.98 Å². The molecule has 0 radical (unpaired) electrons. The van der Waals surface area contributed by atoms with E-state index in [9.17, 15) is 10.2 Å². The number of hydrogen-bond donors (Lipinski definition) is 3. The Hall–Kier alpha value is -1.17. The molecule has 0 spiro atoms. The van der Waals surface area contributed by atoms with E-state index in [-0.39, 0.29) is 0 Å². The van der Waals surface area contributed by atoms with Gasteiger partial charge in [0, 0.05) is 31.4 Å². The van der Waals surface area contributed by atoms with Crippen LogP contribution in [0, 0.1) is 0 Å².